The first-order valence-corrected chi connectivity index (χ1v) is 8.57. The van der Waals surface area contributed by atoms with Crippen molar-refractivity contribution in [3.8, 4) is 5.69 Å². The molecule has 1 amide bonds. The van der Waals surface area contributed by atoms with Gasteiger partial charge in [0.05, 0.1) is 25.4 Å². The van der Waals surface area contributed by atoms with Gasteiger partial charge in [0.2, 0.25) is 0 Å². The fourth-order valence-electron chi connectivity index (χ4n) is 3.56. The normalized spacial score (nSPS) is 26.6. The number of carbonyl (C=O) groups is 1. The van der Waals surface area contributed by atoms with Crippen molar-refractivity contribution >= 4 is 5.91 Å². The maximum absolute atomic E-state index is 12.5. The number of benzene rings is 1. The molecule has 1 saturated carbocycles. The third-order valence-corrected chi connectivity index (χ3v) is 4.85. The average Bonchev–Trinajstić information content (AvgIpc) is 3.16. The second-order valence-corrected chi connectivity index (χ2v) is 6.44. The maximum atomic E-state index is 12.5. The van der Waals surface area contributed by atoms with E-state index < -0.39 is 0 Å². The van der Waals surface area contributed by atoms with E-state index in [0.29, 0.717) is 18.8 Å². The van der Waals surface area contributed by atoms with Crippen molar-refractivity contribution in [3.63, 3.8) is 0 Å². The molecule has 1 saturated heterocycles. The second-order valence-electron chi connectivity index (χ2n) is 6.44. The molecule has 2 aliphatic rings. The number of fused-ring (bicyclic) bond motifs is 1. The van der Waals surface area contributed by atoms with E-state index in [1.54, 1.807) is 0 Å². The van der Waals surface area contributed by atoms with Crippen LogP contribution in [0.3, 0.4) is 0 Å². The molecule has 2 fully saturated rings. The lowest BCUT2D eigenvalue weighted by Gasteiger charge is -2.39. The first-order valence-electron chi connectivity index (χ1n) is 8.57. The molecule has 0 bridgehead atoms. The molecule has 2 aromatic rings. The highest BCUT2D eigenvalue weighted by Crippen LogP contribution is 2.27. The van der Waals surface area contributed by atoms with Crippen LogP contribution in [0.4, 0.5) is 0 Å². The number of carbonyl (C=O) groups excluding carboxylic acids is 1. The summed E-state index contributed by atoms with van der Waals surface area (Å²) in [7, 11) is 0. The molecule has 1 N–H and O–H groups in total. The van der Waals surface area contributed by atoms with E-state index in [2.05, 4.69) is 5.32 Å². The highest BCUT2D eigenvalue weighted by atomic mass is 16.6. The van der Waals surface area contributed by atoms with E-state index >= 15 is 0 Å². The summed E-state index contributed by atoms with van der Waals surface area (Å²) >= 11 is 0. The van der Waals surface area contributed by atoms with Gasteiger partial charge in [-0.3, -0.25) is 4.79 Å². The van der Waals surface area contributed by atoms with Gasteiger partial charge in [0.25, 0.3) is 5.91 Å². The number of aromatic nitrogens is 1. The first kappa shape index (κ1) is 15.4. The van der Waals surface area contributed by atoms with Crippen LogP contribution < -0.4 is 5.32 Å². The molecule has 5 heteroatoms. The van der Waals surface area contributed by atoms with Crippen LogP contribution in [0, 0.1) is 0 Å². The fourth-order valence-corrected chi connectivity index (χ4v) is 3.56. The largest absolute Gasteiger partial charge is 0.373 e. The van der Waals surface area contributed by atoms with Crippen molar-refractivity contribution in [2.75, 3.05) is 13.2 Å². The summed E-state index contributed by atoms with van der Waals surface area (Å²) in [5, 5.41) is 3.14. The van der Waals surface area contributed by atoms with Crippen molar-refractivity contribution < 1.29 is 14.3 Å². The van der Waals surface area contributed by atoms with Gasteiger partial charge in [-0.25, -0.2) is 0 Å². The van der Waals surface area contributed by atoms with Crippen LogP contribution in [-0.2, 0) is 9.47 Å². The van der Waals surface area contributed by atoms with Crippen LogP contribution in [0.5, 0.6) is 0 Å². The monoisotopic (exact) mass is 326 g/mol. The molecule has 126 valence electrons. The molecule has 1 aromatic carbocycles. The van der Waals surface area contributed by atoms with Crippen LogP contribution in [0.1, 0.15) is 29.6 Å². The molecule has 4 rings (SSSR count). The molecular weight excluding hydrogens is 304 g/mol. The zero-order chi connectivity index (χ0) is 16.4. The lowest BCUT2D eigenvalue weighted by molar-refractivity contribution is -0.157. The zero-order valence-corrected chi connectivity index (χ0v) is 13.6. The van der Waals surface area contributed by atoms with E-state index in [0.717, 1.165) is 24.9 Å². The molecule has 3 atom stereocenters. The SMILES string of the molecule is O=C(N[C@@H]1CC[C@H]2OCCO[C@H]2C1)c1ccc(-n2cccc2)cc1. The molecule has 0 unspecified atom stereocenters. The molecule has 2 heterocycles. The number of hydrogen-bond acceptors (Lipinski definition) is 3. The van der Waals surface area contributed by atoms with Crippen LogP contribution >= 0.6 is 0 Å². The quantitative estimate of drug-likeness (QED) is 0.943. The number of hydrogen-bond donors (Lipinski definition) is 1. The third-order valence-electron chi connectivity index (χ3n) is 4.85. The van der Waals surface area contributed by atoms with Gasteiger partial charge in [-0.15, -0.1) is 0 Å². The van der Waals surface area contributed by atoms with Gasteiger partial charge in [0.1, 0.15) is 0 Å². The van der Waals surface area contributed by atoms with E-state index in [9.17, 15) is 4.79 Å². The van der Waals surface area contributed by atoms with Crippen LogP contribution in [0.2, 0.25) is 0 Å². The van der Waals surface area contributed by atoms with E-state index in [-0.39, 0.29) is 24.2 Å². The Hall–Kier alpha value is -2.11. The molecule has 5 nitrogen and oxygen atoms in total. The Morgan fingerprint density at radius 3 is 2.46 bits per heavy atom. The van der Waals surface area contributed by atoms with E-state index in [4.69, 9.17) is 9.47 Å². The van der Waals surface area contributed by atoms with Gasteiger partial charge in [-0.1, -0.05) is 0 Å². The van der Waals surface area contributed by atoms with Gasteiger partial charge in [-0.2, -0.15) is 0 Å². The summed E-state index contributed by atoms with van der Waals surface area (Å²) in [5.74, 6) is -0.0192. The van der Waals surface area contributed by atoms with Gasteiger partial charge in [0, 0.05) is 29.7 Å². The minimum Gasteiger partial charge on any atom is -0.373 e. The lowest BCUT2D eigenvalue weighted by Crippen LogP contribution is -2.49. The summed E-state index contributed by atoms with van der Waals surface area (Å²) in [6, 6.07) is 11.8. The number of nitrogens with one attached hydrogen (secondary N) is 1. The van der Waals surface area contributed by atoms with Crippen molar-refractivity contribution in [1.29, 1.82) is 0 Å². The number of rotatable bonds is 3. The van der Waals surface area contributed by atoms with Crippen molar-refractivity contribution in [2.24, 2.45) is 0 Å². The van der Waals surface area contributed by atoms with Crippen LogP contribution in [0.25, 0.3) is 5.69 Å². The van der Waals surface area contributed by atoms with Gasteiger partial charge in [0.15, 0.2) is 0 Å². The number of nitrogens with zero attached hydrogens (tertiary/aromatic N) is 1. The van der Waals surface area contributed by atoms with Gasteiger partial charge >= 0.3 is 0 Å². The second kappa shape index (κ2) is 6.79. The summed E-state index contributed by atoms with van der Waals surface area (Å²) in [4.78, 5) is 12.5. The lowest BCUT2D eigenvalue weighted by atomic mass is 9.89. The molecule has 1 aliphatic carbocycles. The predicted octanol–water partition coefficient (Wildman–Crippen LogP) is 2.54. The summed E-state index contributed by atoms with van der Waals surface area (Å²) in [5.41, 5.74) is 1.73. The first-order chi connectivity index (χ1) is 11.8. The summed E-state index contributed by atoms with van der Waals surface area (Å²) in [6.07, 6.45) is 7.01. The Balaban J connectivity index is 1.37. The number of amides is 1. The van der Waals surface area contributed by atoms with Gasteiger partial charge in [-0.05, 0) is 55.7 Å². The Labute approximate surface area is 141 Å². The molecular formula is C19H22N2O3. The summed E-state index contributed by atoms with van der Waals surface area (Å²) < 4.78 is 13.5. The summed E-state index contributed by atoms with van der Waals surface area (Å²) in [6.45, 7) is 1.34. The van der Waals surface area contributed by atoms with Crippen molar-refractivity contribution in [1.82, 2.24) is 9.88 Å². The highest BCUT2D eigenvalue weighted by molar-refractivity contribution is 5.94. The highest BCUT2D eigenvalue weighted by Gasteiger charge is 2.34. The third kappa shape index (κ3) is 3.23. The van der Waals surface area contributed by atoms with E-state index in [1.165, 1.54) is 0 Å². The molecule has 24 heavy (non-hydrogen) atoms. The molecule has 0 spiro atoms. The Morgan fingerprint density at radius 1 is 1.00 bits per heavy atom. The maximum Gasteiger partial charge on any atom is 0.251 e. The minimum atomic E-state index is -0.0192. The standard InChI is InChI=1S/C19H22N2O3/c22-19(14-3-6-16(7-4-14)21-9-1-2-10-21)20-15-5-8-17-18(13-15)24-12-11-23-17/h1-4,6-7,9-10,15,17-18H,5,8,11-13H2,(H,20,22)/t15-,17-,18+/m1/s1. The van der Waals surface area contributed by atoms with Crippen molar-refractivity contribution in [2.45, 2.75) is 37.5 Å². The Bertz CT molecular complexity index is 681. The number of ether oxygens (including phenoxy) is 2. The predicted molar refractivity (Wildman–Crippen MR) is 90.4 cm³/mol. The van der Waals surface area contributed by atoms with Crippen LogP contribution in [-0.4, -0.2) is 41.9 Å². The molecule has 1 aromatic heterocycles. The van der Waals surface area contributed by atoms with Gasteiger partial charge < -0.3 is 19.4 Å². The van der Waals surface area contributed by atoms with Crippen LogP contribution in [0.15, 0.2) is 48.8 Å². The smallest absolute Gasteiger partial charge is 0.251 e. The fraction of sp³-hybridized carbons (Fsp3) is 0.421. The molecule has 1 aliphatic heterocycles. The van der Waals surface area contributed by atoms with Crippen molar-refractivity contribution in [3.05, 3.63) is 54.4 Å². The zero-order valence-electron chi connectivity index (χ0n) is 13.6. The topological polar surface area (TPSA) is 52.5 Å². The minimum absolute atomic E-state index is 0.0192. The average molecular weight is 326 g/mol. The van der Waals surface area contributed by atoms with E-state index in [1.807, 2.05) is 53.4 Å². The Morgan fingerprint density at radius 2 is 1.71 bits per heavy atom. The molecule has 0 radical (unpaired) electrons. The Kier molecular flexibility index (Phi) is 4.36.